The highest BCUT2D eigenvalue weighted by Gasteiger charge is 2.22. The molecule has 0 unspecified atom stereocenters. The van der Waals surface area contributed by atoms with Gasteiger partial charge in [-0.3, -0.25) is 4.79 Å². The number of hydrogen-bond donors (Lipinski definition) is 0. The molecule has 2 rings (SSSR count). The molecule has 0 aliphatic rings. The van der Waals surface area contributed by atoms with Gasteiger partial charge in [0.15, 0.2) is 23.0 Å². The lowest BCUT2D eigenvalue weighted by molar-refractivity contribution is 0.101. The number of benzene rings is 2. The van der Waals surface area contributed by atoms with E-state index in [4.69, 9.17) is 13.7 Å². The van der Waals surface area contributed by atoms with Crippen molar-refractivity contribution in [2.75, 3.05) is 14.2 Å². The minimum Gasteiger partial charge on any atom is -0.493 e. The molecule has 0 amide bonds. The van der Waals surface area contributed by atoms with Crippen LogP contribution in [0.25, 0.3) is 0 Å². The number of carbonyl (C=O) groups excluding carboxylic acids is 1. The number of rotatable bonds is 6. The standard InChI is InChI=1S/C17H18O6S/c1-11-5-7-15(14(9-11)12(2)18)23-24(19,20)13-6-8-16(21-3)17(10-13)22-4/h5-10H,1-4H3. The van der Waals surface area contributed by atoms with E-state index >= 15 is 0 Å². The van der Waals surface area contributed by atoms with E-state index in [0.717, 1.165) is 5.56 Å². The average Bonchev–Trinajstić information content (AvgIpc) is 2.55. The Bertz CT molecular complexity index is 871. The summed E-state index contributed by atoms with van der Waals surface area (Å²) in [4.78, 5) is 11.6. The molecule has 0 atom stereocenters. The lowest BCUT2D eigenvalue weighted by Gasteiger charge is -2.12. The minimum atomic E-state index is -4.13. The molecule has 0 saturated heterocycles. The number of carbonyl (C=O) groups is 1. The monoisotopic (exact) mass is 350 g/mol. The second kappa shape index (κ2) is 6.92. The van der Waals surface area contributed by atoms with Gasteiger partial charge in [-0.15, -0.1) is 0 Å². The summed E-state index contributed by atoms with van der Waals surface area (Å²) in [6.07, 6.45) is 0. The molecule has 0 N–H and O–H groups in total. The van der Waals surface area contributed by atoms with Gasteiger partial charge in [0.2, 0.25) is 0 Å². The van der Waals surface area contributed by atoms with Crippen molar-refractivity contribution in [2.45, 2.75) is 18.7 Å². The zero-order valence-corrected chi connectivity index (χ0v) is 14.6. The maximum absolute atomic E-state index is 12.5. The predicted octanol–water partition coefficient (Wildman–Crippen LogP) is 2.98. The molecule has 0 heterocycles. The molecule has 2 aromatic rings. The molecule has 6 nitrogen and oxygen atoms in total. The fourth-order valence-corrected chi connectivity index (χ4v) is 3.09. The van der Waals surface area contributed by atoms with Gasteiger partial charge in [0.1, 0.15) is 4.90 Å². The quantitative estimate of drug-likeness (QED) is 0.589. The number of ketones is 1. The topological polar surface area (TPSA) is 78.9 Å². The molecule has 128 valence electrons. The van der Waals surface area contributed by atoms with Crippen LogP contribution in [0, 0.1) is 6.92 Å². The number of Topliss-reactive ketones (excluding diaryl/α,β-unsaturated/α-hetero) is 1. The summed E-state index contributed by atoms with van der Waals surface area (Å²) in [5, 5.41) is 0. The molecule has 0 spiro atoms. The first-order chi connectivity index (χ1) is 11.3. The second-order valence-electron chi connectivity index (χ2n) is 5.11. The van der Waals surface area contributed by atoms with Crippen LogP contribution < -0.4 is 13.7 Å². The van der Waals surface area contributed by atoms with Crippen molar-refractivity contribution in [3.05, 3.63) is 47.5 Å². The molecule has 24 heavy (non-hydrogen) atoms. The molecule has 0 aliphatic carbocycles. The van der Waals surface area contributed by atoms with Crippen LogP contribution >= 0.6 is 0 Å². The van der Waals surface area contributed by atoms with Gasteiger partial charge in [-0.1, -0.05) is 11.6 Å². The van der Waals surface area contributed by atoms with Crippen molar-refractivity contribution in [3.63, 3.8) is 0 Å². The smallest absolute Gasteiger partial charge is 0.339 e. The maximum atomic E-state index is 12.5. The fraction of sp³-hybridized carbons (Fsp3) is 0.235. The summed E-state index contributed by atoms with van der Waals surface area (Å²) in [5.41, 5.74) is 1.04. The molecule has 0 saturated carbocycles. The molecular weight excluding hydrogens is 332 g/mol. The number of hydrogen-bond acceptors (Lipinski definition) is 6. The van der Waals surface area contributed by atoms with Crippen molar-refractivity contribution in [2.24, 2.45) is 0 Å². The van der Waals surface area contributed by atoms with E-state index < -0.39 is 10.1 Å². The Hall–Kier alpha value is -2.54. The molecule has 0 radical (unpaired) electrons. The van der Waals surface area contributed by atoms with Crippen LogP contribution in [0.1, 0.15) is 22.8 Å². The van der Waals surface area contributed by atoms with Gasteiger partial charge in [-0.2, -0.15) is 8.42 Å². The van der Waals surface area contributed by atoms with Crippen molar-refractivity contribution < 1.29 is 26.9 Å². The first-order valence-corrected chi connectivity index (χ1v) is 8.47. The van der Waals surface area contributed by atoms with Gasteiger partial charge in [0.05, 0.1) is 19.8 Å². The van der Waals surface area contributed by atoms with Gasteiger partial charge in [-0.05, 0) is 38.1 Å². The Morgan fingerprint density at radius 3 is 2.12 bits per heavy atom. The van der Waals surface area contributed by atoms with E-state index in [-0.39, 0.29) is 27.7 Å². The number of methoxy groups -OCH3 is 2. The fourth-order valence-electron chi connectivity index (χ4n) is 2.13. The second-order valence-corrected chi connectivity index (χ2v) is 6.66. The molecule has 7 heteroatoms. The van der Waals surface area contributed by atoms with Crippen molar-refractivity contribution in [1.29, 1.82) is 0 Å². The Balaban J connectivity index is 2.44. The normalized spacial score (nSPS) is 11.0. The summed E-state index contributed by atoms with van der Waals surface area (Å²) in [6.45, 7) is 3.16. The van der Waals surface area contributed by atoms with E-state index in [1.807, 2.05) is 0 Å². The third-order valence-corrected chi connectivity index (χ3v) is 4.59. The van der Waals surface area contributed by atoms with E-state index in [0.29, 0.717) is 5.75 Å². The van der Waals surface area contributed by atoms with Crippen LogP contribution in [-0.4, -0.2) is 28.4 Å². The third kappa shape index (κ3) is 3.68. The van der Waals surface area contributed by atoms with E-state index in [1.54, 1.807) is 19.1 Å². The van der Waals surface area contributed by atoms with Crippen LogP contribution in [0.4, 0.5) is 0 Å². The third-order valence-electron chi connectivity index (χ3n) is 3.36. The molecule has 2 aromatic carbocycles. The Kier molecular flexibility index (Phi) is 5.14. The van der Waals surface area contributed by atoms with Crippen LogP contribution in [0.15, 0.2) is 41.3 Å². The van der Waals surface area contributed by atoms with Crippen LogP contribution in [0.2, 0.25) is 0 Å². The lowest BCUT2D eigenvalue weighted by Crippen LogP contribution is -2.12. The molecular formula is C17H18O6S. The number of aryl methyl sites for hydroxylation is 1. The number of ether oxygens (including phenoxy) is 2. The molecule has 0 aliphatic heterocycles. The lowest BCUT2D eigenvalue weighted by atomic mass is 10.1. The van der Waals surface area contributed by atoms with Crippen LogP contribution in [0.5, 0.6) is 17.2 Å². The average molecular weight is 350 g/mol. The highest BCUT2D eigenvalue weighted by molar-refractivity contribution is 7.87. The zero-order valence-electron chi connectivity index (χ0n) is 13.8. The van der Waals surface area contributed by atoms with Crippen molar-refractivity contribution in [1.82, 2.24) is 0 Å². The summed E-state index contributed by atoms with van der Waals surface area (Å²) in [7, 11) is -1.27. The summed E-state index contributed by atoms with van der Waals surface area (Å²) < 4.78 is 40.3. The summed E-state index contributed by atoms with van der Waals surface area (Å²) >= 11 is 0. The predicted molar refractivity (Wildman–Crippen MR) is 88.5 cm³/mol. The van der Waals surface area contributed by atoms with E-state index in [2.05, 4.69) is 0 Å². The summed E-state index contributed by atoms with van der Waals surface area (Å²) in [5.74, 6) is 0.369. The zero-order chi connectivity index (χ0) is 17.9. The Labute approximate surface area is 141 Å². The SMILES string of the molecule is COc1ccc(S(=O)(=O)Oc2ccc(C)cc2C(C)=O)cc1OC. The molecule has 0 aromatic heterocycles. The first-order valence-electron chi connectivity index (χ1n) is 7.06. The molecule has 0 bridgehead atoms. The van der Waals surface area contributed by atoms with Gasteiger partial charge >= 0.3 is 10.1 Å². The van der Waals surface area contributed by atoms with Gasteiger partial charge < -0.3 is 13.7 Å². The largest absolute Gasteiger partial charge is 0.493 e. The highest BCUT2D eigenvalue weighted by atomic mass is 32.2. The maximum Gasteiger partial charge on any atom is 0.339 e. The van der Waals surface area contributed by atoms with Gasteiger partial charge in [0, 0.05) is 6.07 Å². The minimum absolute atomic E-state index is 0.0112. The van der Waals surface area contributed by atoms with Crippen molar-refractivity contribution >= 4 is 15.9 Å². The first kappa shape index (κ1) is 17.8. The van der Waals surface area contributed by atoms with Gasteiger partial charge in [0.25, 0.3) is 0 Å². The van der Waals surface area contributed by atoms with Crippen LogP contribution in [0.3, 0.4) is 0 Å². The van der Waals surface area contributed by atoms with Crippen molar-refractivity contribution in [3.8, 4) is 17.2 Å². The highest BCUT2D eigenvalue weighted by Crippen LogP contribution is 2.31. The van der Waals surface area contributed by atoms with Gasteiger partial charge in [-0.25, -0.2) is 0 Å². The summed E-state index contributed by atoms with van der Waals surface area (Å²) in [6, 6.07) is 8.84. The van der Waals surface area contributed by atoms with E-state index in [9.17, 15) is 13.2 Å². The van der Waals surface area contributed by atoms with Crippen LogP contribution in [-0.2, 0) is 10.1 Å². The van der Waals surface area contributed by atoms with E-state index in [1.165, 1.54) is 45.4 Å². The molecule has 0 fully saturated rings. The Morgan fingerprint density at radius 2 is 1.54 bits per heavy atom. The Morgan fingerprint density at radius 1 is 0.917 bits per heavy atom.